The van der Waals surface area contributed by atoms with Gasteiger partial charge in [0.25, 0.3) is 0 Å². The summed E-state index contributed by atoms with van der Waals surface area (Å²) in [5.74, 6) is 0.117. The number of ether oxygens (including phenoxy) is 2. The molecule has 5 N–H and O–H groups in total. The van der Waals surface area contributed by atoms with Crippen molar-refractivity contribution in [3.05, 3.63) is 11.6 Å². The van der Waals surface area contributed by atoms with E-state index in [0.29, 0.717) is 19.3 Å². The van der Waals surface area contributed by atoms with Gasteiger partial charge < -0.3 is 35.0 Å². The van der Waals surface area contributed by atoms with Gasteiger partial charge in [0.15, 0.2) is 6.29 Å². The fourth-order valence-electron chi connectivity index (χ4n) is 3.20. The molecule has 7 nitrogen and oxygen atoms in total. The summed E-state index contributed by atoms with van der Waals surface area (Å²) in [6.07, 6.45) is -2.49. The molecule has 6 atom stereocenters. The van der Waals surface area contributed by atoms with E-state index in [-0.39, 0.29) is 12.5 Å². The Labute approximate surface area is 136 Å². The van der Waals surface area contributed by atoms with Gasteiger partial charge in [-0.3, -0.25) is 0 Å². The summed E-state index contributed by atoms with van der Waals surface area (Å²) < 4.78 is 11.5. The lowest BCUT2D eigenvalue weighted by atomic mass is 9.77. The number of hydrogen-bond acceptors (Lipinski definition) is 7. The van der Waals surface area contributed by atoms with Crippen LogP contribution in [0.1, 0.15) is 33.1 Å². The van der Waals surface area contributed by atoms with Gasteiger partial charge in [-0.1, -0.05) is 19.9 Å². The number of hydrogen-bond donors (Lipinski definition) is 5. The molecule has 23 heavy (non-hydrogen) atoms. The molecule has 6 unspecified atom stereocenters. The van der Waals surface area contributed by atoms with E-state index < -0.39 is 42.9 Å². The van der Waals surface area contributed by atoms with E-state index in [2.05, 4.69) is 0 Å². The zero-order chi connectivity index (χ0) is 17.2. The monoisotopic (exact) mass is 332 g/mol. The minimum absolute atomic E-state index is 0.0220. The predicted molar refractivity (Wildman–Crippen MR) is 81.4 cm³/mol. The van der Waals surface area contributed by atoms with Crippen molar-refractivity contribution < 1.29 is 35.0 Å². The SMILES string of the molecule is CC(C)C1(OC2OC(CO)C(O)C(O)C2O)CC=C(CO)CC1. The van der Waals surface area contributed by atoms with Gasteiger partial charge in [0, 0.05) is 0 Å². The van der Waals surface area contributed by atoms with Crippen LogP contribution in [0.25, 0.3) is 0 Å². The fraction of sp³-hybridized carbons (Fsp3) is 0.875. The van der Waals surface area contributed by atoms with Crippen molar-refractivity contribution >= 4 is 0 Å². The van der Waals surface area contributed by atoms with Crippen LogP contribution in [0.15, 0.2) is 11.6 Å². The van der Waals surface area contributed by atoms with Crippen molar-refractivity contribution in [3.63, 3.8) is 0 Å². The van der Waals surface area contributed by atoms with E-state index in [4.69, 9.17) is 9.47 Å². The van der Waals surface area contributed by atoms with Gasteiger partial charge in [0.05, 0.1) is 18.8 Å². The Morgan fingerprint density at radius 2 is 1.91 bits per heavy atom. The molecule has 1 heterocycles. The second-order valence-electron chi connectivity index (χ2n) is 6.76. The minimum atomic E-state index is -1.44. The molecule has 1 fully saturated rings. The lowest BCUT2D eigenvalue weighted by Crippen LogP contribution is -2.61. The summed E-state index contributed by atoms with van der Waals surface area (Å²) >= 11 is 0. The highest BCUT2D eigenvalue weighted by atomic mass is 16.7. The Hall–Kier alpha value is -0.540. The molecule has 1 aliphatic heterocycles. The van der Waals surface area contributed by atoms with Gasteiger partial charge >= 0.3 is 0 Å². The molecule has 0 radical (unpaired) electrons. The maximum absolute atomic E-state index is 10.1. The summed E-state index contributed by atoms with van der Waals surface area (Å²) in [6, 6.07) is 0. The molecule has 1 saturated heterocycles. The van der Waals surface area contributed by atoms with Gasteiger partial charge in [-0.05, 0) is 30.8 Å². The minimum Gasteiger partial charge on any atom is -0.394 e. The highest BCUT2D eigenvalue weighted by Crippen LogP contribution is 2.39. The Bertz CT molecular complexity index is 423. The van der Waals surface area contributed by atoms with Crippen LogP contribution in [0.3, 0.4) is 0 Å². The quantitative estimate of drug-likeness (QED) is 0.422. The largest absolute Gasteiger partial charge is 0.394 e. The number of aliphatic hydroxyl groups is 5. The van der Waals surface area contributed by atoms with E-state index in [1.807, 2.05) is 19.9 Å². The van der Waals surface area contributed by atoms with Gasteiger partial charge in [-0.25, -0.2) is 0 Å². The molecule has 134 valence electrons. The summed E-state index contributed by atoms with van der Waals surface area (Å²) in [6.45, 7) is 3.55. The van der Waals surface area contributed by atoms with Crippen molar-refractivity contribution in [2.45, 2.75) is 69.4 Å². The molecule has 0 aromatic carbocycles. The molecule has 0 saturated carbocycles. The third kappa shape index (κ3) is 3.76. The predicted octanol–water partition coefficient (Wildman–Crippen LogP) is -0.700. The van der Waals surface area contributed by atoms with Crippen LogP contribution in [0.2, 0.25) is 0 Å². The van der Waals surface area contributed by atoms with Crippen LogP contribution in [-0.4, -0.2) is 75.1 Å². The molecule has 0 aromatic rings. The van der Waals surface area contributed by atoms with Crippen LogP contribution in [0, 0.1) is 5.92 Å². The van der Waals surface area contributed by atoms with Crippen LogP contribution in [0.5, 0.6) is 0 Å². The molecule has 0 bridgehead atoms. The van der Waals surface area contributed by atoms with Crippen LogP contribution < -0.4 is 0 Å². The molecular weight excluding hydrogens is 304 g/mol. The van der Waals surface area contributed by atoms with Crippen molar-refractivity contribution in [1.29, 1.82) is 0 Å². The molecule has 0 aromatic heterocycles. The normalized spacial score (nSPS) is 41.9. The topological polar surface area (TPSA) is 120 Å². The second kappa shape index (κ2) is 7.57. The molecular formula is C16H28O7. The average molecular weight is 332 g/mol. The highest BCUT2D eigenvalue weighted by molar-refractivity contribution is 5.12. The van der Waals surface area contributed by atoms with E-state index in [0.717, 1.165) is 5.57 Å². The molecule has 2 rings (SSSR count). The molecule has 0 spiro atoms. The zero-order valence-electron chi connectivity index (χ0n) is 13.6. The van der Waals surface area contributed by atoms with E-state index in [1.165, 1.54) is 0 Å². The van der Waals surface area contributed by atoms with Crippen molar-refractivity contribution in [3.8, 4) is 0 Å². The van der Waals surface area contributed by atoms with Crippen molar-refractivity contribution in [2.24, 2.45) is 5.92 Å². The summed E-state index contributed by atoms with van der Waals surface area (Å²) in [7, 11) is 0. The standard InChI is InChI=1S/C16H28O7/c1-9(2)16(5-3-10(7-17)4-6-16)23-15-14(21)13(20)12(19)11(8-18)22-15/h3,9,11-15,17-21H,4-8H2,1-2H3. The smallest absolute Gasteiger partial charge is 0.187 e. The van der Waals surface area contributed by atoms with E-state index >= 15 is 0 Å². The lowest BCUT2D eigenvalue weighted by molar-refractivity contribution is -0.333. The van der Waals surface area contributed by atoms with Crippen LogP contribution in [0.4, 0.5) is 0 Å². The molecule has 7 heteroatoms. The molecule has 2 aliphatic rings. The first-order valence-electron chi connectivity index (χ1n) is 8.11. The first-order chi connectivity index (χ1) is 10.8. The first-order valence-corrected chi connectivity index (χ1v) is 8.11. The van der Waals surface area contributed by atoms with Crippen LogP contribution in [-0.2, 0) is 9.47 Å². The third-order valence-corrected chi connectivity index (χ3v) is 5.06. The maximum Gasteiger partial charge on any atom is 0.187 e. The summed E-state index contributed by atoms with van der Waals surface area (Å²) in [5.41, 5.74) is 0.366. The Kier molecular flexibility index (Phi) is 6.18. The average Bonchev–Trinajstić information content (AvgIpc) is 2.55. The summed E-state index contributed by atoms with van der Waals surface area (Å²) in [5, 5.41) is 48.4. The Morgan fingerprint density at radius 1 is 1.22 bits per heavy atom. The second-order valence-corrected chi connectivity index (χ2v) is 6.76. The maximum atomic E-state index is 10.1. The van der Waals surface area contributed by atoms with Crippen molar-refractivity contribution in [1.82, 2.24) is 0 Å². The third-order valence-electron chi connectivity index (χ3n) is 5.06. The van der Waals surface area contributed by atoms with Crippen LogP contribution >= 0.6 is 0 Å². The van der Waals surface area contributed by atoms with E-state index in [1.54, 1.807) is 0 Å². The van der Waals surface area contributed by atoms with E-state index in [9.17, 15) is 25.5 Å². The van der Waals surface area contributed by atoms with Crippen molar-refractivity contribution in [2.75, 3.05) is 13.2 Å². The van der Waals surface area contributed by atoms with Gasteiger partial charge in [-0.15, -0.1) is 0 Å². The number of rotatable bonds is 5. The zero-order valence-corrected chi connectivity index (χ0v) is 13.6. The Balaban J connectivity index is 2.15. The number of aliphatic hydroxyl groups excluding tert-OH is 5. The molecule has 1 aliphatic carbocycles. The highest BCUT2D eigenvalue weighted by Gasteiger charge is 2.48. The van der Waals surface area contributed by atoms with Gasteiger partial charge in [-0.2, -0.15) is 0 Å². The summed E-state index contributed by atoms with van der Waals surface area (Å²) in [4.78, 5) is 0. The van der Waals surface area contributed by atoms with Gasteiger partial charge in [0.2, 0.25) is 0 Å². The molecule has 0 amide bonds. The Morgan fingerprint density at radius 3 is 2.39 bits per heavy atom. The lowest BCUT2D eigenvalue weighted by Gasteiger charge is -2.47. The fourth-order valence-corrected chi connectivity index (χ4v) is 3.20. The van der Waals surface area contributed by atoms with Gasteiger partial charge in [0.1, 0.15) is 24.4 Å². The first kappa shape index (κ1) is 18.8.